The van der Waals surface area contributed by atoms with Gasteiger partial charge in [-0.25, -0.2) is 12.8 Å². The lowest BCUT2D eigenvalue weighted by Crippen LogP contribution is -2.53. The Morgan fingerprint density at radius 1 is 1.03 bits per heavy atom. The predicted molar refractivity (Wildman–Crippen MR) is 140 cm³/mol. The van der Waals surface area contributed by atoms with Gasteiger partial charge in [-0.1, -0.05) is 36.4 Å². The monoisotopic (exact) mass is 535 g/mol. The molecule has 0 saturated carbocycles. The number of carbonyl (C=O) groups is 1. The summed E-state index contributed by atoms with van der Waals surface area (Å²) in [6.07, 6.45) is 7.70. The second-order valence-corrected chi connectivity index (χ2v) is 10.7. The van der Waals surface area contributed by atoms with E-state index >= 15 is 0 Å². The van der Waals surface area contributed by atoms with Crippen LogP contribution in [0.2, 0.25) is 0 Å². The molecule has 2 aliphatic rings. The fourth-order valence-electron chi connectivity index (χ4n) is 4.46. The maximum atomic E-state index is 14.8. The molecule has 3 aromatic rings. The third kappa shape index (κ3) is 5.32. The van der Waals surface area contributed by atoms with E-state index in [1.54, 1.807) is 53.6 Å². The average molecular weight is 536 g/mol. The highest BCUT2D eigenvalue weighted by atomic mass is 32.2. The van der Waals surface area contributed by atoms with Crippen LogP contribution >= 0.6 is 0 Å². The molecule has 0 bridgehead atoms. The summed E-state index contributed by atoms with van der Waals surface area (Å²) in [4.78, 5) is 20.5. The van der Waals surface area contributed by atoms with Gasteiger partial charge in [0.15, 0.2) is 0 Å². The Kier molecular flexibility index (Phi) is 7.01. The van der Waals surface area contributed by atoms with Gasteiger partial charge < -0.3 is 14.9 Å². The van der Waals surface area contributed by atoms with E-state index in [0.717, 1.165) is 0 Å². The minimum atomic E-state index is -3.72. The van der Waals surface area contributed by atoms with E-state index in [2.05, 4.69) is 10.4 Å². The Balaban J connectivity index is 1.25. The van der Waals surface area contributed by atoms with Crippen molar-refractivity contribution >= 4 is 15.9 Å². The third-order valence-corrected chi connectivity index (χ3v) is 7.90. The number of rotatable bonds is 6. The number of amides is 1. The Bertz CT molecular complexity index is 1500. The quantitative estimate of drug-likeness (QED) is 0.500. The fourth-order valence-corrected chi connectivity index (χ4v) is 5.89. The molecule has 2 N–H and O–H groups in total. The van der Waals surface area contributed by atoms with Gasteiger partial charge in [0, 0.05) is 55.3 Å². The van der Waals surface area contributed by atoms with E-state index in [-0.39, 0.29) is 28.5 Å². The molecule has 1 amide bonds. The summed E-state index contributed by atoms with van der Waals surface area (Å²) < 4.78 is 42.4. The number of sulfonamides is 1. The molecule has 0 aliphatic carbocycles. The molecule has 0 spiro atoms. The van der Waals surface area contributed by atoms with Crippen LogP contribution in [0.4, 0.5) is 4.39 Å². The van der Waals surface area contributed by atoms with E-state index in [0.29, 0.717) is 43.1 Å². The molecule has 9 nitrogen and oxygen atoms in total. The molecular weight excluding hydrogens is 509 g/mol. The van der Waals surface area contributed by atoms with E-state index in [9.17, 15) is 22.7 Å². The zero-order valence-electron chi connectivity index (χ0n) is 20.4. The van der Waals surface area contributed by atoms with Gasteiger partial charge in [-0.2, -0.15) is 4.41 Å². The number of halogens is 1. The first-order valence-corrected chi connectivity index (χ1v) is 13.6. The number of nitrogens with zero attached hydrogens (tertiary/aromatic N) is 4. The molecule has 2 aromatic carbocycles. The zero-order chi connectivity index (χ0) is 26.7. The lowest BCUT2D eigenvalue weighted by atomic mass is 10.0. The highest BCUT2D eigenvalue weighted by Crippen LogP contribution is 2.27. The molecular formula is C27H26FN5O4S. The standard InChI is InChI=1S/C27H26FN5O4S/c28-25-16-21(8-9-24(25)22-15-23(34)18-29-17-22)27(35)32-13-11-31(12-14-32)26-7-4-10-30-33(26)38(36,37)19-20-5-2-1-3-6-20/h1-10,15-18,30,34H,11-14,19H2. The van der Waals surface area contributed by atoms with Crippen molar-refractivity contribution in [2.24, 2.45) is 0 Å². The molecule has 11 heteroatoms. The Labute approximate surface area is 220 Å². The molecule has 38 heavy (non-hydrogen) atoms. The molecule has 1 fully saturated rings. The highest BCUT2D eigenvalue weighted by Gasteiger charge is 2.32. The SMILES string of the molecule is O=C(c1ccc(-c2cncc(O)c2)c(F)c1)N1CCN(C2=CC=CNN2S(=O)(=O)Cc2ccccc2)CC1. The Morgan fingerprint density at radius 3 is 2.50 bits per heavy atom. The molecule has 1 aromatic heterocycles. The Hall–Kier alpha value is -4.38. The third-order valence-electron chi connectivity index (χ3n) is 6.35. The number of benzene rings is 2. The molecule has 196 valence electrons. The average Bonchev–Trinajstić information content (AvgIpc) is 2.93. The molecule has 3 heterocycles. The largest absolute Gasteiger partial charge is 0.506 e. The number of pyridine rings is 1. The van der Waals surface area contributed by atoms with E-state index in [1.165, 1.54) is 35.0 Å². The summed E-state index contributed by atoms with van der Waals surface area (Å²) in [6.45, 7) is 1.48. The number of nitrogens with one attached hydrogen (secondary N) is 1. The van der Waals surface area contributed by atoms with Crippen molar-refractivity contribution in [1.82, 2.24) is 24.6 Å². The first-order valence-electron chi connectivity index (χ1n) is 12.0. The fraction of sp³-hybridized carbons (Fsp3) is 0.185. The lowest BCUT2D eigenvalue weighted by Gasteiger charge is -2.41. The molecule has 1 saturated heterocycles. The van der Waals surface area contributed by atoms with Crippen LogP contribution in [0, 0.1) is 5.82 Å². The maximum Gasteiger partial charge on any atom is 0.258 e. The topological polar surface area (TPSA) is 106 Å². The van der Waals surface area contributed by atoms with Crippen LogP contribution < -0.4 is 5.43 Å². The van der Waals surface area contributed by atoms with Crippen LogP contribution in [0.5, 0.6) is 5.75 Å². The summed E-state index contributed by atoms with van der Waals surface area (Å²) in [7, 11) is -3.72. The summed E-state index contributed by atoms with van der Waals surface area (Å²) in [5, 5.41) is 9.62. The van der Waals surface area contributed by atoms with Crippen molar-refractivity contribution in [3.05, 3.63) is 108 Å². The van der Waals surface area contributed by atoms with Crippen LogP contribution in [-0.4, -0.2) is 64.8 Å². The van der Waals surface area contributed by atoms with Crippen LogP contribution in [0.3, 0.4) is 0 Å². The number of aromatic nitrogens is 1. The molecule has 5 rings (SSSR count). The summed E-state index contributed by atoms with van der Waals surface area (Å²) in [6, 6.07) is 14.6. The number of carbonyl (C=O) groups excluding carboxylic acids is 1. The van der Waals surface area contributed by atoms with Crippen molar-refractivity contribution in [1.29, 1.82) is 0 Å². The second-order valence-electron chi connectivity index (χ2n) is 8.92. The van der Waals surface area contributed by atoms with Gasteiger partial charge in [0.25, 0.3) is 15.9 Å². The molecule has 0 atom stereocenters. The smallest absolute Gasteiger partial charge is 0.258 e. The number of allylic oxidation sites excluding steroid dienone is 2. The van der Waals surface area contributed by atoms with Gasteiger partial charge in [0.05, 0.1) is 11.9 Å². The first kappa shape index (κ1) is 25.3. The van der Waals surface area contributed by atoms with Crippen molar-refractivity contribution in [2.45, 2.75) is 5.75 Å². The predicted octanol–water partition coefficient (Wildman–Crippen LogP) is 3.06. The van der Waals surface area contributed by atoms with Crippen molar-refractivity contribution in [3.8, 4) is 16.9 Å². The normalized spacial score (nSPS) is 15.7. The lowest BCUT2D eigenvalue weighted by molar-refractivity contribution is 0.0644. The maximum absolute atomic E-state index is 14.8. The summed E-state index contributed by atoms with van der Waals surface area (Å²) >= 11 is 0. The van der Waals surface area contributed by atoms with Crippen LogP contribution in [0.1, 0.15) is 15.9 Å². The van der Waals surface area contributed by atoms with Crippen LogP contribution in [-0.2, 0) is 15.8 Å². The van der Waals surface area contributed by atoms with Crippen molar-refractivity contribution in [3.63, 3.8) is 0 Å². The summed E-state index contributed by atoms with van der Waals surface area (Å²) in [5.74, 6) is -0.666. The van der Waals surface area contributed by atoms with Crippen molar-refractivity contribution in [2.75, 3.05) is 26.2 Å². The van der Waals surface area contributed by atoms with Gasteiger partial charge in [0.1, 0.15) is 17.4 Å². The molecule has 0 unspecified atom stereocenters. The van der Waals surface area contributed by atoms with Crippen molar-refractivity contribution < 1.29 is 22.7 Å². The van der Waals surface area contributed by atoms with Crippen LogP contribution in [0.25, 0.3) is 11.1 Å². The van der Waals surface area contributed by atoms with E-state index < -0.39 is 15.8 Å². The minimum absolute atomic E-state index is 0.0786. The highest BCUT2D eigenvalue weighted by molar-refractivity contribution is 7.88. The van der Waals surface area contributed by atoms with E-state index in [4.69, 9.17) is 0 Å². The number of piperazine rings is 1. The number of hydrogen-bond acceptors (Lipinski definition) is 7. The van der Waals surface area contributed by atoms with Gasteiger partial charge in [-0.15, -0.1) is 0 Å². The van der Waals surface area contributed by atoms with Crippen LogP contribution in [0.15, 0.2) is 91.2 Å². The van der Waals surface area contributed by atoms with Gasteiger partial charge in [0.2, 0.25) is 0 Å². The molecule has 2 aliphatic heterocycles. The number of hydrogen-bond donors (Lipinski definition) is 2. The minimum Gasteiger partial charge on any atom is -0.506 e. The second kappa shape index (κ2) is 10.5. The number of hydrazine groups is 1. The first-order chi connectivity index (χ1) is 18.3. The Morgan fingerprint density at radius 2 is 1.79 bits per heavy atom. The van der Waals surface area contributed by atoms with Gasteiger partial charge in [-0.3, -0.25) is 15.2 Å². The number of aromatic hydroxyl groups is 1. The summed E-state index contributed by atoms with van der Waals surface area (Å²) in [5.41, 5.74) is 4.36. The zero-order valence-corrected chi connectivity index (χ0v) is 21.2. The van der Waals surface area contributed by atoms with E-state index in [1.807, 2.05) is 11.0 Å². The van der Waals surface area contributed by atoms with Gasteiger partial charge >= 0.3 is 0 Å². The molecule has 0 radical (unpaired) electrons. The van der Waals surface area contributed by atoms with Gasteiger partial charge in [-0.05, 0) is 35.9 Å².